The zero-order valence-corrected chi connectivity index (χ0v) is 19.7. The van der Waals surface area contributed by atoms with Gasteiger partial charge in [0.25, 0.3) is 0 Å². The van der Waals surface area contributed by atoms with Crippen LogP contribution in [0.4, 0.5) is 5.82 Å². The first-order valence-corrected chi connectivity index (χ1v) is 11.0. The molecule has 1 heterocycles. The highest BCUT2D eigenvalue weighted by Crippen LogP contribution is 2.26. The van der Waals surface area contributed by atoms with Crippen molar-refractivity contribution in [1.29, 1.82) is 0 Å². The number of nitrogens with one attached hydrogen (secondary N) is 1. The first-order valence-electron chi connectivity index (χ1n) is 10.6. The Kier molecular flexibility index (Phi) is 7.36. The van der Waals surface area contributed by atoms with E-state index in [1.807, 2.05) is 48.5 Å². The van der Waals surface area contributed by atoms with Gasteiger partial charge in [-0.05, 0) is 36.2 Å². The molecule has 0 aliphatic rings. The van der Waals surface area contributed by atoms with E-state index in [-0.39, 0.29) is 23.8 Å². The Morgan fingerprint density at radius 3 is 2.34 bits per heavy atom. The summed E-state index contributed by atoms with van der Waals surface area (Å²) in [4.78, 5) is 26.7. The molecule has 7 heteroatoms. The van der Waals surface area contributed by atoms with Crippen molar-refractivity contribution in [2.75, 3.05) is 18.9 Å². The largest absolute Gasteiger partial charge is 0.336 e. The van der Waals surface area contributed by atoms with Gasteiger partial charge in [-0.1, -0.05) is 62.7 Å². The van der Waals surface area contributed by atoms with Crippen molar-refractivity contribution in [3.05, 3.63) is 76.9 Å². The fourth-order valence-corrected chi connectivity index (χ4v) is 3.31. The second-order valence-corrected chi connectivity index (χ2v) is 9.27. The number of aromatic nitrogens is 2. The lowest BCUT2D eigenvalue weighted by Crippen LogP contribution is -2.35. The van der Waals surface area contributed by atoms with Crippen molar-refractivity contribution >= 4 is 29.2 Å². The maximum atomic E-state index is 12.7. The number of carbonyl (C=O) groups is 2. The van der Waals surface area contributed by atoms with Crippen molar-refractivity contribution < 1.29 is 9.59 Å². The number of hydrogen-bond acceptors (Lipinski definition) is 3. The van der Waals surface area contributed by atoms with Crippen LogP contribution < -0.4 is 5.32 Å². The molecule has 3 aromatic rings. The minimum atomic E-state index is -0.281. The molecular weight excluding hydrogens is 424 g/mol. The van der Waals surface area contributed by atoms with Crippen LogP contribution in [0.25, 0.3) is 5.69 Å². The zero-order chi connectivity index (χ0) is 23.3. The summed E-state index contributed by atoms with van der Waals surface area (Å²) >= 11 is 6.02. The van der Waals surface area contributed by atoms with Gasteiger partial charge in [0.15, 0.2) is 0 Å². The maximum absolute atomic E-state index is 12.7. The molecule has 1 aromatic heterocycles. The van der Waals surface area contributed by atoms with Crippen LogP contribution in [0.5, 0.6) is 0 Å². The van der Waals surface area contributed by atoms with Crippen LogP contribution in [0.3, 0.4) is 0 Å². The Hall–Kier alpha value is -3.12. The molecule has 0 radical (unpaired) electrons. The van der Waals surface area contributed by atoms with E-state index < -0.39 is 0 Å². The van der Waals surface area contributed by atoms with Crippen molar-refractivity contribution in [3.63, 3.8) is 0 Å². The van der Waals surface area contributed by atoms with Crippen molar-refractivity contribution in [1.82, 2.24) is 14.7 Å². The van der Waals surface area contributed by atoms with Gasteiger partial charge >= 0.3 is 0 Å². The van der Waals surface area contributed by atoms with E-state index in [0.717, 1.165) is 16.9 Å². The number of aryl methyl sites for hydroxylation is 1. The molecule has 32 heavy (non-hydrogen) atoms. The van der Waals surface area contributed by atoms with E-state index in [0.29, 0.717) is 23.7 Å². The van der Waals surface area contributed by atoms with Gasteiger partial charge in [0, 0.05) is 30.0 Å². The summed E-state index contributed by atoms with van der Waals surface area (Å²) in [6.45, 7) is 6.15. The lowest BCUT2D eigenvalue weighted by Gasteiger charge is -2.17. The highest BCUT2D eigenvalue weighted by Gasteiger charge is 2.22. The Morgan fingerprint density at radius 2 is 1.72 bits per heavy atom. The number of nitrogens with zero attached hydrogens (tertiary/aromatic N) is 3. The summed E-state index contributed by atoms with van der Waals surface area (Å²) in [6.07, 6.45) is 0.995. The molecule has 0 spiro atoms. The van der Waals surface area contributed by atoms with E-state index in [4.69, 9.17) is 16.7 Å². The summed E-state index contributed by atoms with van der Waals surface area (Å²) in [5, 5.41) is 8.22. The smallest absolute Gasteiger partial charge is 0.245 e. The fourth-order valence-electron chi connectivity index (χ4n) is 3.19. The molecule has 0 aliphatic heterocycles. The van der Waals surface area contributed by atoms with E-state index in [1.54, 1.807) is 23.9 Å². The molecule has 0 fully saturated rings. The van der Waals surface area contributed by atoms with Crippen LogP contribution in [-0.4, -0.2) is 40.1 Å². The maximum Gasteiger partial charge on any atom is 0.245 e. The number of hydrogen-bond donors (Lipinski definition) is 1. The quantitative estimate of drug-likeness (QED) is 0.557. The highest BCUT2D eigenvalue weighted by molar-refractivity contribution is 6.30. The third-order valence-electron chi connectivity index (χ3n) is 5.09. The van der Waals surface area contributed by atoms with Crippen molar-refractivity contribution in [3.8, 4) is 5.69 Å². The Balaban J connectivity index is 1.68. The van der Waals surface area contributed by atoms with Crippen LogP contribution in [0.2, 0.25) is 5.02 Å². The monoisotopic (exact) mass is 452 g/mol. The van der Waals surface area contributed by atoms with Gasteiger partial charge in [0.2, 0.25) is 11.8 Å². The van der Waals surface area contributed by atoms with Gasteiger partial charge in [-0.25, -0.2) is 4.68 Å². The summed E-state index contributed by atoms with van der Waals surface area (Å²) in [7, 11) is 1.64. The van der Waals surface area contributed by atoms with E-state index in [9.17, 15) is 9.59 Å². The minimum absolute atomic E-state index is 0.0374. The lowest BCUT2D eigenvalue weighted by molar-refractivity contribution is -0.133. The molecule has 6 nitrogen and oxygen atoms in total. The van der Waals surface area contributed by atoms with Crippen LogP contribution in [-0.2, 0) is 21.4 Å². The lowest BCUT2D eigenvalue weighted by atomic mass is 9.92. The molecule has 168 valence electrons. The number of carbonyl (C=O) groups excluding carboxylic acids is 2. The Morgan fingerprint density at radius 1 is 1.06 bits per heavy atom. The van der Waals surface area contributed by atoms with E-state index in [1.165, 1.54) is 4.90 Å². The predicted molar refractivity (Wildman–Crippen MR) is 128 cm³/mol. The second kappa shape index (κ2) is 10.0. The topological polar surface area (TPSA) is 67.2 Å². The van der Waals surface area contributed by atoms with Gasteiger partial charge in [0.05, 0.1) is 17.9 Å². The van der Waals surface area contributed by atoms with Crippen LogP contribution >= 0.6 is 11.6 Å². The van der Waals surface area contributed by atoms with Crippen LogP contribution in [0, 0.1) is 0 Å². The SMILES string of the molecule is CN(CC(=O)Nc1cc(C(C)(C)C)nn1-c1ccc(Cl)cc1)C(=O)CCc1ccccc1. The minimum Gasteiger partial charge on any atom is -0.336 e. The number of rotatable bonds is 7. The van der Waals surface area contributed by atoms with Crippen LogP contribution in [0.1, 0.15) is 38.4 Å². The number of amides is 2. The third kappa shape index (κ3) is 6.20. The highest BCUT2D eigenvalue weighted by atomic mass is 35.5. The molecule has 0 aliphatic carbocycles. The molecule has 0 atom stereocenters. The molecule has 2 amide bonds. The molecule has 0 saturated heterocycles. The van der Waals surface area contributed by atoms with Gasteiger partial charge in [0.1, 0.15) is 5.82 Å². The average Bonchev–Trinajstić information content (AvgIpc) is 3.17. The third-order valence-corrected chi connectivity index (χ3v) is 5.35. The van der Waals surface area contributed by atoms with E-state index >= 15 is 0 Å². The number of halogens is 1. The molecule has 1 N–H and O–H groups in total. The van der Waals surface area contributed by atoms with Gasteiger partial charge in [-0.2, -0.15) is 5.10 Å². The molecule has 3 rings (SSSR count). The van der Waals surface area contributed by atoms with Crippen molar-refractivity contribution in [2.24, 2.45) is 0 Å². The summed E-state index contributed by atoms with van der Waals surface area (Å²) in [6, 6.07) is 18.9. The molecule has 0 bridgehead atoms. The Bertz CT molecular complexity index is 1070. The average molecular weight is 453 g/mol. The zero-order valence-electron chi connectivity index (χ0n) is 18.9. The number of benzene rings is 2. The standard InChI is InChI=1S/C25H29ClN4O2/c1-25(2,3)21-16-22(30(28-21)20-13-11-19(26)12-14-20)27-23(31)17-29(4)24(32)15-10-18-8-6-5-7-9-18/h5-9,11-14,16H,10,15,17H2,1-4H3,(H,27,31). The van der Waals surface area contributed by atoms with Gasteiger partial charge in [-0.15, -0.1) is 0 Å². The van der Waals surface area contributed by atoms with Crippen molar-refractivity contribution in [2.45, 2.75) is 39.0 Å². The number of likely N-dealkylation sites (N-methyl/N-ethyl adjacent to an activating group) is 1. The van der Waals surface area contributed by atoms with Crippen LogP contribution in [0.15, 0.2) is 60.7 Å². The fraction of sp³-hybridized carbons (Fsp3) is 0.320. The van der Waals surface area contributed by atoms with Gasteiger partial charge < -0.3 is 10.2 Å². The van der Waals surface area contributed by atoms with E-state index in [2.05, 4.69) is 26.1 Å². The predicted octanol–water partition coefficient (Wildman–Crippen LogP) is 4.85. The molecule has 0 unspecified atom stereocenters. The summed E-state index contributed by atoms with van der Waals surface area (Å²) in [5.74, 6) is 0.189. The summed E-state index contributed by atoms with van der Waals surface area (Å²) < 4.78 is 1.69. The molecular formula is C25H29ClN4O2. The molecule has 2 aromatic carbocycles. The second-order valence-electron chi connectivity index (χ2n) is 8.84. The Labute approximate surface area is 194 Å². The molecule has 0 saturated carbocycles. The normalized spacial score (nSPS) is 11.3. The first kappa shape index (κ1) is 23.5. The number of anilines is 1. The van der Waals surface area contributed by atoms with Gasteiger partial charge in [-0.3, -0.25) is 9.59 Å². The first-order chi connectivity index (χ1) is 15.1. The summed E-state index contributed by atoms with van der Waals surface area (Å²) in [5.41, 5.74) is 2.53.